The Morgan fingerprint density at radius 3 is 0.621 bits per heavy atom. The maximum atomic E-state index is 2.71. The minimum atomic E-state index is 1.31. The predicted octanol–water partition coefficient (Wildman–Crippen LogP) is 10.7. The van der Waals surface area contributed by atoms with Gasteiger partial charge < -0.3 is 0 Å². The second-order valence-electron chi connectivity index (χ2n) is 9.56. The fourth-order valence-corrected chi connectivity index (χ4v) is 4.90. The van der Waals surface area contributed by atoms with Crippen LogP contribution in [-0.2, 0) is 0 Å². The van der Waals surface area contributed by atoms with Gasteiger partial charge in [-0.3, -0.25) is 0 Å². The number of hydrogen-bond acceptors (Lipinski definition) is 0. The molecule has 2 radical (unpaired) electrons. The summed E-state index contributed by atoms with van der Waals surface area (Å²) in [5.41, 5.74) is 0. The fourth-order valence-electron chi connectivity index (χ4n) is 4.43. The van der Waals surface area contributed by atoms with Crippen molar-refractivity contribution in [3.05, 3.63) is 0 Å². The molecule has 0 aromatic carbocycles. The second-order valence-corrected chi connectivity index (χ2v) is 10.5. The summed E-state index contributed by atoms with van der Waals surface area (Å²) in [6, 6.07) is 0. The van der Waals surface area contributed by atoms with Crippen LogP contribution in [0.1, 0.15) is 174 Å². The molecule has 0 aromatic rings. The van der Waals surface area contributed by atoms with Crippen molar-refractivity contribution in [2.24, 2.45) is 0 Å². The van der Waals surface area contributed by atoms with Crippen LogP contribution in [0.15, 0.2) is 0 Å². The van der Waals surface area contributed by atoms with E-state index in [2.05, 4.69) is 23.8 Å². The summed E-state index contributed by atoms with van der Waals surface area (Å²) in [6.45, 7) is 2.30. The molecule has 0 aliphatic heterocycles. The molecule has 0 atom stereocenters. The van der Waals surface area contributed by atoms with E-state index in [0.29, 0.717) is 0 Å². The average Bonchev–Trinajstić information content (AvgIpc) is 2.74. The van der Waals surface area contributed by atoms with Gasteiger partial charge in [-0.25, -0.2) is 0 Å². The number of hydrogen-bond donors (Lipinski definition) is 0. The van der Waals surface area contributed by atoms with Gasteiger partial charge in [0.2, 0.25) is 0 Å². The molecular formula is C28H57As. The topological polar surface area (TPSA) is 0 Å². The Morgan fingerprint density at radius 2 is 0.448 bits per heavy atom. The first-order chi connectivity index (χ1) is 14.4. The zero-order chi connectivity index (χ0) is 21.1. The summed E-state index contributed by atoms with van der Waals surface area (Å²) in [5, 5.41) is 1.31. The minimum absolute atomic E-state index is 1.31. The van der Waals surface area contributed by atoms with Crippen LogP contribution in [0.25, 0.3) is 0 Å². The van der Waals surface area contributed by atoms with Gasteiger partial charge in [0.1, 0.15) is 0 Å². The molecule has 29 heavy (non-hydrogen) atoms. The number of unbranched alkanes of at least 4 members (excludes halogenated alkanes) is 25. The molecule has 0 saturated carbocycles. The van der Waals surface area contributed by atoms with Crippen LogP contribution in [0.4, 0.5) is 0 Å². The molecule has 0 aromatic heterocycles. The van der Waals surface area contributed by atoms with Gasteiger partial charge in [-0.15, -0.1) is 0 Å². The van der Waals surface area contributed by atoms with Crippen molar-refractivity contribution in [3.63, 3.8) is 0 Å². The molecule has 0 N–H and O–H groups in total. The van der Waals surface area contributed by atoms with Crippen molar-refractivity contribution in [2.75, 3.05) is 0 Å². The van der Waals surface area contributed by atoms with Crippen LogP contribution in [-0.4, -0.2) is 16.9 Å². The van der Waals surface area contributed by atoms with E-state index in [1.54, 1.807) is 0 Å². The Labute approximate surface area is 195 Å². The Morgan fingerprint density at radius 1 is 0.276 bits per heavy atom. The fraction of sp³-hybridized carbons (Fsp3) is 1.00. The molecule has 0 bridgehead atoms. The van der Waals surface area contributed by atoms with Crippen LogP contribution in [0, 0.1) is 0 Å². The van der Waals surface area contributed by atoms with Crippen molar-refractivity contribution in [1.82, 2.24) is 0 Å². The first kappa shape index (κ1) is 29.6. The summed E-state index contributed by atoms with van der Waals surface area (Å²) in [4.78, 5) is 0. The van der Waals surface area contributed by atoms with Crippen molar-refractivity contribution >= 4 is 16.9 Å². The molecule has 0 rings (SSSR count). The van der Waals surface area contributed by atoms with Crippen molar-refractivity contribution in [2.45, 2.75) is 179 Å². The van der Waals surface area contributed by atoms with Crippen LogP contribution in [0.5, 0.6) is 0 Å². The first-order valence-electron chi connectivity index (χ1n) is 14.0. The molecule has 0 amide bonds. The van der Waals surface area contributed by atoms with Crippen LogP contribution in [0.2, 0.25) is 5.21 Å². The predicted molar refractivity (Wildman–Crippen MR) is 136 cm³/mol. The van der Waals surface area contributed by atoms with Crippen LogP contribution < -0.4 is 0 Å². The van der Waals surface area contributed by atoms with Gasteiger partial charge in [-0.05, 0) is 0 Å². The van der Waals surface area contributed by atoms with Gasteiger partial charge in [0.25, 0.3) is 0 Å². The molecule has 0 unspecified atom stereocenters. The Bertz CT molecular complexity index is 237. The van der Waals surface area contributed by atoms with Gasteiger partial charge in [0.05, 0.1) is 0 Å². The summed E-state index contributed by atoms with van der Waals surface area (Å²) in [5.74, 6) is 0. The summed E-state index contributed by atoms with van der Waals surface area (Å²) < 4.78 is 0. The van der Waals surface area contributed by atoms with Crippen molar-refractivity contribution in [3.8, 4) is 0 Å². The van der Waals surface area contributed by atoms with Gasteiger partial charge in [-0.2, -0.15) is 0 Å². The summed E-state index contributed by atoms with van der Waals surface area (Å²) >= 11 is 2.71. The van der Waals surface area contributed by atoms with E-state index >= 15 is 0 Å². The Kier molecular flexibility index (Phi) is 29.1. The first-order valence-corrected chi connectivity index (χ1v) is 15.4. The molecule has 174 valence electrons. The third-order valence-corrected chi connectivity index (χ3v) is 7.18. The van der Waals surface area contributed by atoms with E-state index in [1.807, 2.05) is 0 Å². The molecule has 0 saturated heterocycles. The molecule has 0 fully saturated rings. The monoisotopic (exact) mass is 468 g/mol. The van der Waals surface area contributed by atoms with E-state index in [0.717, 1.165) is 0 Å². The standard InChI is InChI=1S/C28H57As/c1-2-3-4-5-6-7-8-9-10-11-12-13-14-15-16-17-18-19-20-21-22-23-24-25-26-27-28-29/h2-28H2,1H3. The molecule has 0 nitrogen and oxygen atoms in total. The zero-order valence-corrected chi connectivity index (χ0v) is 22.4. The van der Waals surface area contributed by atoms with Crippen LogP contribution in [0.3, 0.4) is 0 Å². The third kappa shape index (κ3) is 28.6. The molecule has 0 heterocycles. The molecule has 0 aliphatic carbocycles. The average molecular weight is 469 g/mol. The van der Waals surface area contributed by atoms with E-state index in [9.17, 15) is 0 Å². The summed E-state index contributed by atoms with van der Waals surface area (Å²) in [7, 11) is 0. The van der Waals surface area contributed by atoms with E-state index in [4.69, 9.17) is 0 Å². The van der Waals surface area contributed by atoms with E-state index < -0.39 is 0 Å². The quantitative estimate of drug-likeness (QED) is 0.0874. The zero-order valence-electron chi connectivity index (χ0n) is 20.5. The molecular weight excluding hydrogens is 411 g/mol. The maximum absolute atomic E-state index is 2.71. The van der Waals surface area contributed by atoms with Gasteiger partial charge >= 0.3 is 92.7 Å². The van der Waals surface area contributed by atoms with Gasteiger partial charge in [-0.1, -0.05) is 103 Å². The third-order valence-electron chi connectivity index (χ3n) is 6.51. The molecule has 0 spiro atoms. The second kappa shape index (κ2) is 28.6. The normalized spacial score (nSPS) is 11.4. The van der Waals surface area contributed by atoms with E-state index in [1.165, 1.54) is 172 Å². The van der Waals surface area contributed by atoms with Crippen molar-refractivity contribution < 1.29 is 0 Å². The van der Waals surface area contributed by atoms with Crippen molar-refractivity contribution in [1.29, 1.82) is 0 Å². The van der Waals surface area contributed by atoms with E-state index in [-0.39, 0.29) is 0 Å². The van der Waals surface area contributed by atoms with Gasteiger partial charge in [0, 0.05) is 0 Å². The SMILES string of the molecule is CCCCCCCCCCCCCCCCCCCCCCCCCCCC[As]. The number of rotatable bonds is 26. The van der Waals surface area contributed by atoms with Crippen LogP contribution >= 0.6 is 0 Å². The van der Waals surface area contributed by atoms with Gasteiger partial charge in [0.15, 0.2) is 0 Å². The Balaban J connectivity index is 2.97. The Hall–Kier alpha value is 0.558. The molecule has 1 heteroatoms. The summed E-state index contributed by atoms with van der Waals surface area (Å²) in [6.07, 6.45) is 38.4. The molecule has 0 aliphatic rings.